The van der Waals surface area contributed by atoms with Crippen LogP contribution in [-0.2, 0) is 0 Å². The molecule has 236 valence electrons. The van der Waals surface area contributed by atoms with E-state index in [9.17, 15) is 0 Å². The molecule has 0 aromatic heterocycles. The molecule has 0 fully saturated rings. The largest absolute Gasteiger partial charge is 0.456 e. The van der Waals surface area contributed by atoms with Crippen molar-refractivity contribution in [1.82, 2.24) is 0 Å². The zero-order chi connectivity index (χ0) is 33.5. The van der Waals surface area contributed by atoms with Crippen molar-refractivity contribution < 1.29 is 4.74 Å². The Bertz CT molecular complexity index is 2960. The van der Waals surface area contributed by atoms with Gasteiger partial charge in [0.15, 0.2) is 0 Å². The maximum atomic E-state index is 6.55. The van der Waals surface area contributed by atoms with Crippen LogP contribution in [-0.4, -0.2) is 0 Å². The first-order chi connectivity index (χ1) is 25.3. The first-order valence-electron chi connectivity index (χ1n) is 17.6. The molecule has 0 bridgehead atoms. The summed E-state index contributed by atoms with van der Waals surface area (Å²) in [5, 5.41) is 10.2. The van der Waals surface area contributed by atoms with Crippen LogP contribution in [0, 0.1) is 0 Å². The van der Waals surface area contributed by atoms with Crippen LogP contribution >= 0.6 is 0 Å². The van der Waals surface area contributed by atoms with E-state index in [4.69, 9.17) is 4.74 Å². The molecule has 1 heterocycles. The van der Waals surface area contributed by atoms with Crippen molar-refractivity contribution in [3.63, 3.8) is 0 Å². The van der Waals surface area contributed by atoms with Crippen LogP contribution in [0.1, 0.15) is 0 Å². The molecule has 0 saturated carbocycles. The summed E-state index contributed by atoms with van der Waals surface area (Å²) < 4.78 is 6.55. The lowest BCUT2D eigenvalue weighted by Gasteiger charge is -2.23. The van der Waals surface area contributed by atoms with E-state index in [1.807, 2.05) is 0 Å². The fourth-order valence-electron chi connectivity index (χ4n) is 8.41. The van der Waals surface area contributed by atoms with Crippen LogP contribution in [0.15, 0.2) is 182 Å². The van der Waals surface area contributed by atoms with E-state index >= 15 is 0 Å². The Morgan fingerprint density at radius 1 is 0.255 bits per heavy atom. The average molecular weight is 647 g/mol. The minimum absolute atomic E-state index is 0.893. The maximum absolute atomic E-state index is 6.55. The predicted molar refractivity (Wildman–Crippen MR) is 215 cm³/mol. The van der Waals surface area contributed by atoms with Gasteiger partial charge in [0.2, 0.25) is 0 Å². The summed E-state index contributed by atoms with van der Waals surface area (Å²) in [5.41, 5.74) is 12.1. The second-order valence-corrected chi connectivity index (χ2v) is 13.7. The standard InChI is InChI=1S/C50H30O/c1-3-9-31(10-4-1)40-22-19-33-17-18-37-28-39(29-38-20-23-44(40)49(33)48(37)38)35-14-7-13-34(27-35)36-21-25-46-45(30-36)43-16-8-15-42-41(32-11-5-2-6-12-32)24-26-47(51-46)50(42)43/h1-30H. The maximum Gasteiger partial charge on any atom is 0.135 e. The quantitative estimate of drug-likeness (QED) is 0.173. The van der Waals surface area contributed by atoms with Gasteiger partial charge in [0, 0.05) is 10.9 Å². The molecule has 10 aromatic carbocycles. The third kappa shape index (κ3) is 4.35. The Balaban J connectivity index is 1.01. The van der Waals surface area contributed by atoms with Gasteiger partial charge in [-0.25, -0.2) is 0 Å². The van der Waals surface area contributed by atoms with Gasteiger partial charge in [-0.2, -0.15) is 0 Å². The summed E-state index contributed by atoms with van der Waals surface area (Å²) in [6.45, 7) is 0. The van der Waals surface area contributed by atoms with E-state index in [0.29, 0.717) is 0 Å². The molecule has 0 radical (unpaired) electrons. The molecular weight excluding hydrogens is 617 g/mol. The highest BCUT2D eigenvalue weighted by molar-refractivity contribution is 6.26. The van der Waals surface area contributed by atoms with Gasteiger partial charge < -0.3 is 4.74 Å². The second kappa shape index (κ2) is 10.9. The summed E-state index contributed by atoms with van der Waals surface area (Å²) in [6, 6.07) is 66.2. The van der Waals surface area contributed by atoms with Crippen LogP contribution in [0.2, 0.25) is 0 Å². The lowest BCUT2D eigenvalue weighted by atomic mass is 9.87. The van der Waals surface area contributed by atoms with Crippen LogP contribution in [0.25, 0.3) is 98.7 Å². The zero-order valence-electron chi connectivity index (χ0n) is 27.7. The number of fused-ring (bicyclic) bond motifs is 2. The van der Waals surface area contributed by atoms with Crippen molar-refractivity contribution in [3.8, 4) is 67.1 Å². The minimum atomic E-state index is 0.893. The molecule has 11 rings (SSSR count). The summed E-state index contributed by atoms with van der Waals surface area (Å²) in [6.07, 6.45) is 0. The van der Waals surface area contributed by atoms with Gasteiger partial charge in [0.25, 0.3) is 0 Å². The van der Waals surface area contributed by atoms with Crippen molar-refractivity contribution in [2.75, 3.05) is 0 Å². The monoisotopic (exact) mass is 646 g/mol. The highest BCUT2D eigenvalue weighted by atomic mass is 16.5. The lowest BCUT2D eigenvalue weighted by Crippen LogP contribution is -1.98. The molecule has 1 nitrogen and oxygen atoms in total. The molecule has 0 N–H and O–H groups in total. The number of rotatable bonds is 4. The van der Waals surface area contributed by atoms with Crippen LogP contribution in [0.5, 0.6) is 11.5 Å². The summed E-state index contributed by atoms with van der Waals surface area (Å²) in [4.78, 5) is 0. The molecule has 51 heavy (non-hydrogen) atoms. The first kappa shape index (κ1) is 28.2. The van der Waals surface area contributed by atoms with Crippen LogP contribution < -0.4 is 4.74 Å². The Hall–Kier alpha value is -6.70. The lowest BCUT2D eigenvalue weighted by molar-refractivity contribution is 0.487. The molecule has 0 aliphatic carbocycles. The fraction of sp³-hybridized carbons (Fsp3) is 0. The molecule has 1 aliphatic rings. The van der Waals surface area contributed by atoms with Gasteiger partial charge in [-0.3, -0.25) is 0 Å². The van der Waals surface area contributed by atoms with Crippen molar-refractivity contribution in [3.05, 3.63) is 182 Å². The molecule has 0 unspecified atom stereocenters. The molecule has 1 heteroatoms. The number of ether oxygens (including phenoxy) is 1. The van der Waals surface area contributed by atoms with E-state index in [0.717, 1.165) is 17.1 Å². The third-order valence-electron chi connectivity index (χ3n) is 10.8. The predicted octanol–water partition coefficient (Wildman–Crippen LogP) is 14.2. The highest BCUT2D eigenvalue weighted by Gasteiger charge is 2.22. The fourth-order valence-corrected chi connectivity index (χ4v) is 8.41. The molecule has 10 aromatic rings. The van der Waals surface area contributed by atoms with E-state index in [1.165, 1.54) is 93.2 Å². The average Bonchev–Trinajstić information content (AvgIpc) is 3.20. The van der Waals surface area contributed by atoms with Crippen molar-refractivity contribution in [1.29, 1.82) is 0 Å². The normalized spacial score (nSPS) is 12.1. The third-order valence-corrected chi connectivity index (χ3v) is 10.8. The topological polar surface area (TPSA) is 9.23 Å². The molecule has 0 amide bonds. The zero-order valence-corrected chi connectivity index (χ0v) is 27.7. The smallest absolute Gasteiger partial charge is 0.135 e. The SMILES string of the molecule is c1ccc(-c2ccc3c4c(cccc24)-c2cc(-c4cccc(-c5cc6ccc7ccc(-c8ccccc8)c8ccc(c5)c6c78)c4)ccc2O3)cc1. The van der Waals surface area contributed by atoms with Gasteiger partial charge in [-0.1, -0.05) is 146 Å². The number of hydrogen-bond donors (Lipinski definition) is 0. The second-order valence-electron chi connectivity index (χ2n) is 13.7. The van der Waals surface area contributed by atoms with Gasteiger partial charge in [-0.05, 0) is 124 Å². The van der Waals surface area contributed by atoms with E-state index in [-0.39, 0.29) is 0 Å². The van der Waals surface area contributed by atoms with E-state index < -0.39 is 0 Å². The number of hydrogen-bond acceptors (Lipinski definition) is 1. The van der Waals surface area contributed by atoms with Gasteiger partial charge in [0.1, 0.15) is 11.5 Å². The van der Waals surface area contributed by atoms with Crippen molar-refractivity contribution >= 4 is 43.1 Å². The Morgan fingerprint density at radius 3 is 1.59 bits per heavy atom. The number of benzene rings is 10. The Labute approximate surface area is 296 Å². The van der Waals surface area contributed by atoms with Crippen LogP contribution in [0.3, 0.4) is 0 Å². The Kier molecular flexibility index (Phi) is 6.02. The van der Waals surface area contributed by atoms with E-state index in [2.05, 4.69) is 182 Å². The van der Waals surface area contributed by atoms with Crippen molar-refractivity contribution in [2.45, 2.75) is 0 Å². The van der Waals surface area contributed by atoms with Crippen molar-refractivity contribution in [2.24, 2.45) is 0 Å². The highest BCUT2D eigenvalue weighted by Crippen LogP contribution is 2.50. The van der Waals surface area contributed by atoms with Gasteiger partial charge in [-0.15, -0.1) is 0 Å². The van der Waals surface area contributed by atoms with E-state index in [1.54, 1.807) is 0 Å². The molecule has 1 aliphatic heterocycles. The summed E-state index contributed by atoms with van der Waals surface area (Å²) >= 11 is 0. The van der Waals surface area contributed by atoms with Gasteiger partial charge >= 0.3 is 0 Å². The summed E-state index contributed by atoms with van der Waals surface area (Å²) in [5.74, 6) is 1.80. The Morgan fingerprint density at radius 2 is 0.824 bits per heavy atom. The van der Waals surface area contributed by atoms with Crippen LogP contribution in [0.4, 0.5) is 0 Å². The molecule has 0 spiro atoms. The van der Waals surface area contributed by atoms with Gasteiger partial charge in [0.05, 0.1) is 0 Å². The first-order valence-corrected chi connectivity index (χ1v) is 17.6. The molecule has 0 atom stereocenters. The molecular formula is C50H30O. The molecule has 0 saturated heterocycles. The summed E-state index contributed by atoms with van der Waals surface area (Å²) in [7, 11) is 0. The minimum Gasteiger partial charge on any atom is -0.456 e.